The van der Waals surface area contributed by atoms with E-state index in [4.69, 9.17) is 5.73 Å². The first-order valence-corrected chi connectivity index (χ1v) is 12.5. The molecule has 2 unspecified atom stereocenters. The first-order valence-electron chi connectivity index (χ1n) is 12.5. The van der Waals surface area contributed by atoms with Crippen LogP contribution in [0.2, 0.25) is 0 Å². The zero-order valence-corrected chi connectivity index (χ0v) is 20.5. The molecule has 1 aliphatic rings. The van der Waals surface area contributed by atoms with Crippen LogP contribution in [-0.4, -0.2) is 51.3 Å². The van der Waals surface area contributed by atoms with Crippen LogP contribution in [0.3, 0.4) is 0 Å². The summed E-state index contributed by atoms with van der Waals surface area (Å²) >= 11 is 0. The second kappa shape index (κ2) is 12.1. The van der Waals surface area contributed by atoms with E-state index in [0.717, 1.165) is 37.8 Å². The molecule has 1 heterocycles. The van der Waals surface area contributed by atoms with Crippen molar-refractivity contribution in [3.63, 3.8) is 0 Å². The largest absolute Gasteiger partial charge is 0.506 e. The van der Waals surface area contributed by atoms with Gasteiger partial charge in [-0.2, -0.15) is 0 Å². The van der Waals surface area contributed by atoms with Crippen LogP contribution in [0.1, 0.15) is 52.9 Å². The molecule has 2 aromatic carbocycles. The van der Waals surface area contributed by atoms with Crippen LogP contribution >= 0.6 is 0 Å². The summed E-state index contributed by atoms with van der Waals surface area (Å²) in [5.41, 5.74) is 10.3. The lowest BCUT2D eigenvalue weighted by Crippen LogP contribution is -2.50. The summed E-state index contributed by atoms with van der Waals surface area (Å²) in [6.07, 6.45) is 6.07. The van der Waals surface area contributed by atoms with Gasteiger partial charge < -0.3 is 10.8 Å². The highest BCUT2D eigenvalue weighted by Crippen LogP contribution is 2.24. The summed E-state index contributed by atoms with van der Waals surface area (Å²) < 4.78 is 0. The summed E-state index contributed by atoms with van der Waals surface area (Å²) in [7, 11) is 2.02. The number of aromatic nitrogens is 1. The van der Waals surface area contributed by atoms with E-state index < -0.39 is 0 Å². The number of Topliss-reactive ketones (excluding diaryl/α,β-unsaturated/α-hetero) is 1. The Morgan fingerprint density at radius 3 is 2.31 bits per heavy atom. The Morgan fingerprint density at radius 1 is 0.943 bits per heavy atom. The maximum atomic E-state index is 13.0. The lowest BCUT2D eigenvalue weighted by molar-refractivity contribution is 0.0816. The van der Waals surface area contributed by atoms with Crippen molar-refractivity contribution in [2.75, 3.05) is 13.6 Å². The Bertz CT molecular complexity index is 1090. The third kappa shape index (κ3) is 6.98. The number of hydrogen-bond donors (Lipinski definition) is 2. The summed E-state index contributed by atoms with van der Waals surface area (Å²) in [6.45, 7) is 2.40. The number of rotatable bonds is 10. The number of carbonyl (C=O) groups excluding carboxylic acids is 1. The fourth-order valence-corrected chi connectivity index (χ4v) is 4.94. The Labute approximate surface area is 208 Å². The van der Waals surface area contributed by atoms with Crippen LogP contribution < -0.4 is 5.73 Å². The van der Waals surface area contributed by atoms with Crippen molar-refractivity contribution < 1.29 is 9.90 Å². The van der Waals surface area contributed by atoms with E-state index >= 15 is 0 Å². The molecule has 0 spiro atoms. The van der Waals surface area contributed by atoms with Crippen LogP contribution in [0.4, 0.5) is 0 Å². The van der Waals surface area contributed by atoms with Gasteiger partial charge >= 0.3 is 0 Å². The van der Waals surface area contributed by atoms with Crippen molar-refractivity contribution in [2.24, 2.45) is 5.73 Å². The minimum Gasteiger partial charge on any atom is -0.506 e. The van der Waals surface area contributed by atoms with Gasteiger partial charge in [0, 0.05) is 43.5 Å². The lowest BCUT2D eigenvalue weighted by Gasteiger charge is -2.38. The molecule has 0 radical (unpaired) electrons. The SMILES string of the molecule is CN(Cc1ccc(CN(CC(=O)c2ccccc2)C2CCCCC2N)cc1)Cc1ncccc1O. The van der Waals surface area contributed by atoms with Gasteiger partial charge in [-0.3, -0.25) is 19.6 Å². The van der Waals surface area contributed by atoms with E-state index in [1.54, 1.807) is 18.3 Å². The first-order chi connectivity index (χ1) is 17.0. The molecule has 2 atom stereocenters. The molecule has 4 rings (SSSR count). The molecule has 0 saturated heterocycles. The van der Waals surface area contributed by atoms with E-state index in [9.17, 15) is 9.90 Å². The fraction of sp³-hybridized carbons (Fsp3) is 0.379. The van der Waals surface area contributed by atoms with Gasteiger partial charge in [0.15, 0.2) is 5.78 Å². The van der Waals surface area contributed by atoms with E-state index in [1.165, 1.54) is 11.1 Å². The second-order valence-corrected chi connectivity index (χ2v) is 9.67. The lowest BCUT2D eigenvalue weighted by atomic mass is 9.89. The molecule has 6 nitrogen and oxygen atoms in total. The summed E-state index contributed by atoms with van der Waals surface area (Å²) in [6, 6.07) is 21.8. The second-order valence-electron chi connectivity index (χ2n) is 9.67. The standard InChI is InChI=1S/C29H36N4O2/c1-32(20-26-28(34)12-7-17-31-26)18-22-13-15-23(16-14-22)19-33(27-11-6-5-10-25(27)30)21-29(35)24-8-3-2-4-9-24/h2-4,7-9,12-17,25,27,34H,5-6,10-11,18-21,30H2,1H3. The molecule has 3 N–H and O–H groups in total. The molecule has 0 bridgehead atoms. The molecular weight excluding hydrogens is 436 g/mol. The van der Waals surface area contributed by atoms with E-state index in [1.807, 2.05) is 37.4 Å². The highest BCUT2D eigenvalue weighted by molar-refractivity contribution is 5.97. The van der Waals surface area contributed by atoms with Crippen molar-refractivity contribution >= 4 is 5.78 Å². The summed E-state index contributed by atoms with van der Waals surface area (Å²) in [5, 5.41) is 9.98. The van der Waals surface area contributed by atoms with Crippen LogP contribution in [0.15, 0.2) is 72.9 Å². The molecule has 35 heavy (non-hydrogen) atoms. The number of benzene rings is 2. The molecule has 1 fully saturated rings. The third-order valence-corrected chi connectivity index (χ3v) is 6.84. The van der Waals surface area contributed by atoms with Crippen LogP contribution in [0, 0.1) is 0 Å². The molecule has 1 aromatic heterocycles. The minimum atomic E-state index is 0.100. The van der Waals surface area contributed by atoms with Gasteiger partial charge in [0.1, 0.15) is 5.75 Å². The van der Waals surface area contributed by atoms with E-state index in [0.29, 0.717) is 25.3 Å². The summed E-state index contributed by atoms with van der Waals surface area (Å²) in [4.78, 5) is 21.7. The van der Waals surface area contributed by atoms with Crippen molar-refractivity contribution in [3.05, 3.63) is 95.3 Å². The number of hydrogen-bond acceptors (Lipinski definition) is 6. The van der Waals surface area contributed by atoms with E-state index in [-0.39, 0.29) is 23.6 Å². The summed E-state index contributed by atoms with van der Waals surface area (Å²) in [5.74, 6) is 0.361. The zero-order chi connectivity index (χ0) is 24.6. The molecule has 184 valence electrons. The van der Waals surface area contributed by atoms with Crippen molar-refractivity contribution in [3.8, 4) is 5.75 Å². The zero-order valence-electron chi connectivity index (χ0n) is 20.5. The number of aromatic hydroxyl groups is 1. The predicted octanol–water partition coefficient (Wildman–Crippen LogP) is 4.37. The molecule has 0 aliphatic heterocycles. The Hall–Kier alpha value is -3.06. The minimum absolute atomic E-state index is 0.100. The number of nitrogens with two attached hydrogens (primary N) is 1. The quantitative estimate of drug-likeness (QED) is 0.426. The van der Waals surface area contributed by atoms with Gasteiger partial charge in [0.05, 0.1) is 12.2 Å². The Balaban J connectivity index is 1.41. The molecule has 6 heteroatoms. The topological polar surface area (TPSA) is 82.7 Å². The Morgan fingerprint density at radius 2 is 1.63 bits per heavy atom. The van der Waals surface area contributed by atoms with Gasteiger partial charge in [0.2, 0.25) is 0 Å². The predicted molar refractivity (Wildman–Crippen MR) is 139 cm³/mol. The maximum Gasteiger partial charge on any atom is 0.176 e. The van der Waals surface area contributed by atoms with E-state index in [2.05, 4.69) is 39.0 Å². The number of pyridine rings is 1. The van der Waals surface area contributed by atoms with Crippen molar-refractivity contribution in [1.82, 2.24) is 14.8 Å². The van der Waals surface area contributed by atoms with Gasteiger partial charge in [0.25, 0.3) is 0 Å². The smallest absolute Gasteiger partial charge is 0.176 e. The Kier molecular flexibility index (Phi) is 8.64. The normalized spacial score (nSPS) is 18.2. The van der Waals surface area contributed by atoms with Gasteiger partial charge in [-0.1, -0.05) is 67.4 Å². The number of carbonyl (C=O) groups is 1. The monoisotopic (exact) mass is 472 g/mol. The van der Waals surface area contributed by atoms with Crippen LogP contribution in [0.25, 0.3) is 0 Å². The number of ketones is 1. The first kappa shape index (κ1) is 25.0. The third-order valence-electron chi connectivity index (χ3n) is 6.84. The van der Waals surface area contributed by atoms with Crippen LogP contribution in [0.5, 0.6) is 5.75 Å². The van der Waals surface area contributed by atoms with Gasteiger partial charge in [-0.25, -0.2) is 0 Å². The van der Waals surface area contributed by atoms with Crippen molar-refractivity contribution in [2.45, 2.75) is 57.4 Å². The number of nitrogens with zero attached hydrogens (tertiary/aromatic N) is 3. The molecule has 1 aliphatic carbocycles. The van der Waals surface area contributed by atoms with Gasteiger partial charge in [-0.15, -0.1) is 0 Å². The highest BCUT2D eigenvalue weighted by atomic mass is 16.3. The fourth-order valence-electron chi connectivity index (χ4n) is 4.94. The molecular formula is C29H36N4O2. The highest BCUT2D eigenvalue weighted by Gasteiger charge is 2.29. The molecule has 3 aromatic rings. The average molecular weight is 473 g/mol. The van der Waals surface area contributed by atoms with Crippen LogP contribution in [-0.2, 0) is 19.6 Å². The van der Waals surface area contributed by atoms with Gasteiger partial charge in [-0.05, 0) is 43.1 Å². The average Bonchev–Trinajstić information content (AvgIpc) is 2.87. The maximum absolute atomic E-state index is 13.0. The molecule has 0 amide bonds. The molecule has 1 saturated carbocycles. The van der Waals surface area contributed by atoms with Crippen molar-refractivity contribution in [1.29, 1.82) is 0 Å².